The average molecular weight is 349 g/mol. The van der Waals surface area contributed by atoms with E-state index in [-0.39, 0.29) is 23.2 Å². The highest BCUT2D eigenvalue weighted by molar-refractivity contribution is 8.00. The van der Waals surface area contributed by atoms with Gasteiger partial charge in [-0.05, 0) is 25.1 Å². The fourth-order valence-corrected chi connectivity index (χ4v) is 3.68. The summed E-state index contributed by atoms with van der Waals surface area (Å²) in [5.41, 5.74) is 1.22. The average Bonchev–Trinajstić information content (AvgIpc) is 2.61. The van der Waals surface area contributed by atoms with Crippen molar-refractivity contribution in [3.63, 3.8) is 0 Å². The van der Waals surface area contributed by atoms with Crippen molar-refractivity contribution in [2.24, 2.45) is 0 Å². The van der Waals surface area contributed by atoms with E-state index in [2.05, 4.69) is 5.32 Å². The van der Waals surface area contributed by atoms with Crippen molar-refractivity contribution in [1.82, 2.24) is 9.80 Å². The topological polar surface area (TPSA) is 79.0 Å². The number of anilines is 1. The van der Waals surface area contributed by atoms with Crippen LogP contribution in [0.4, 0.5) is 10.5 Å². The van der Waals surface area contributed by atoms with E-state index in [0.717, 1.165) is 4.90 Å². The van der Waals surface area contributed by atoms with E-state index in [9.17, 15) is 14.4 Å². The molecular weight excluding hydrogens is 330 g/mol. The number of hydrogen-bond acceptors (Lipinski definition) is 5. The van der Waals surface area contributed by atoms with Crippen molar-refractivity contribution in [2.45, 2.75) is 17.1 Å². The van der Waals surface area contributed by atoms with Crippen LogP contribution in [-0.4, -0.2) is 66.2 Å². The molecular formula is C16H19N3O4S. The number of rotatable bonds is 1. The van der Waals surface area contributed by atoms with Crippen LogP contribution in [0.1, 0.15) is 17.3 Å². The number of benzene rings is 1. The number of fused-ring (bicyclic) bond motifs is 1. The van der Waals surface area contributed by atoms with Crippen LogP contribution in [0.5, 0.6) is 0 Å². The van der Waals surface area contributed by atoms with Gasteiger partial charge in [0, 0.05) is 36.6 Å². The molecule has 1 atom stereocenters. The molecule has 2 aliphatic heterocycles. The Hall–Kier alpha value is -2.22. The molecule has 1 aromatic carbocycles. The van der Waals surface area contributed by atoms with E-state index in [0.29, 0.717) is 37.4 Å². The highest BCUT2D eigenvalue weighted by atomic mass is 32.2. The lowest BCUT2D eigenvalue weighted by molar-refractivity contribution is -0.115. The van der Waals surface area contributed by atoms with Crippen molar-refractivity contribution in [1.29, 1.82) is 0 Å². The van der Waals surface area contributed by atoms with Gasteiger partial charge in [-0.15, -0.1) is 11.8 Å². The molecule has 3 rings (SSSR count). The molecule has 8 heteroatoms. The largest absolute Gasteiger partial charge is 0.453 e. The Bertz CT molecular complexity index is 686. The number of thioether (sulfide) groups is 1. The van der Waals surface area contributed by atoms with Crippen LogP contribution in [0.15, 0.2) is 23.1 Å². The van der Waals surface area contributed by atoms with Gasteiger partial charge in [-0.2, -0.15) is 0 Å². The third-order valence-corrected chi connectivity index (χ3v) is 5.33. The van der Waals surface area contributed by atoms with E-state index < -0.39 is 0 Å². The second-order valence-electron chi connectivity index (χ2n) is 5.71. The van der Waals surface area contributed by atoms with E-state index in [1.807, 2.05) is 13.0 Å². The molecule has 1 N–H and O–H groups in total. The van der Waals surface area contributed by atoms with E-state index in [1.165, 1.54) is 18.9 Å². The minimum absolute atomic E-state index is 0.0520. The zero-order chi connectivity index (χ0) is 17.3. The summed E-state index contributed by atoms with van der Waals surface area (Å²) in [5.74, 6) is -0.149. The molecule has 0 spiro atoms. The van der Waals surface area contributed by atoms with Gasteiger partial charge in [0.25, 0.3) is 5.91 Å². The van der Waals surface area contributed by atoms with Crippen LogP contribution < -0.4 is 5.32 Å². The third-order valence-electron chi connectivity index (χ3n) is 4.16. The minimum atomic E-state index is -0.371. The Morgan fingerprint density at radius 1 is 1.21 bits per heavy atom. The molecule has 3 amide bonds. The zero-order valence-corrected chi connectivity index (χ0v) is 14.4. The number of amides is 3. The predicted octanol–water partition coefficient (Wildman–Crippen LogP) is 1.64. The molecule has 0 aromatic heterocycles. The van der Waals surface area contributed by atoms with Crippen LogP contribution >= 0.6 is 11.8 Å². The molecule has 7 nitrogen and oxygen atoms in total. The molecule has 1 aromatic rings. The lowest BCUT2D eigenvalue weighted by Crippen LogP contribution is -2.50. The monoisotopic (exact) mass is 349 g/mol. The summed E-state index contributed by atoms with van der Waals surface area (Å²) in [6.07, 6.45) is -0.371. The Labute approximate surface area is 144 Å². The van der Waals surface area contributed by atoms with Crippen LogP contribution in [0.2, 0.25) is 0 Å². The molecule has 1 fully saturated rings. The smallest absolute Gasteiger partial charge is 0.409 e. The quantitative estimate of drug-likeness (QED) is 0.834. The van der Waals surface area contributed by atoms with Crippen LogP contribution in [0.3, 0.4) is 0 Å². The first-order valence-corrected chi connectivity index (χ1v) is 8.61. The van der Waals surface area contributed by atoms with Crippen molar-refractivity contribution < 1.29 is 19.1 Å². The molecule has 24 heavy (non-hydrogen) atoms. The number of methoxy groups -OCH3 is 1. The SMILES string of the molecule is COC(=O)N1CCN(C(=O)c2ccc3c(c2)NC(=O)C(C)S3)CC1. The fraction of sp³-hybridized carbons (Fsp3) is 0.438. The van der Waals surface area contributed by atoms with Gasteiger partial charge in [0.15, 0.2) is 0 Å². The summed E-state index contributed by atoms with van der Waals surface area (Å²) < 4.78 is 4.69. The normalized spacial score (nSPS) is 20.2. The van der Waals surface area contributed by atoms with Crippen LogP contribution in [-0.2, 0) is 9.53 Å². The maximum atomic E-state index is 12.6. The maximum absolute atomic E-state index is 12.6. The van der Waals surface area contributed by atoms with Gasteiger partial charge in [-0.1, -0.05) is 0 Å². The molecule has 0 aliphatic carbocycles. The van der Waals surface area contributed by atoms with Crippen molar-refractivity contribution in [3.05, 3.63) is 23.8 Å². The number of hydrogen-bond donors (Lipinski definition) is 1. The summed E-state index contributed by atoms with van der Waals surface area (Å²) in [5, 5.41) is 2.70. The summed E-state index contributed by atoms with van der Waals surface area (Å²) >= 11 is 1.49. The van der Waals surface area contributed by atoms with Gasteiger partial charge in [0.2, 0.25) is 5.91 Å². The lowest BCUT2D eigenvalue weighted by Gasteiger charge is -2.34. The van der Waals surface area contributed by atoms with E-state index in [1.54, 1.807) is 21.9 Å². The number of nitrogens with one attached hydrogen (secondary N) is 1. The fourth-order valence-electron chi connectivity index (χ4n) is 2.75. The van der Waals surface area contributed by atoms with Gasteiger partial charge < -0.3 is 19.9 Å². The number of carbonyl (C=O) groups excluding carboxylic acids is 3. The molecule has 1 unspecified atom stereocenters. The number of piperazine rings is 1. The summed E-state index contributed by atoms with van der Waals surface area (Å²) in [6.45, 7) is 3.68. The first kappa shape index (κ1) is 16.6. The van der Waals surface area contributed by atoms with Crippen molar-refractivity contribution >= 4 is 35.4 Å². The number of ether oxygens (including phenoxy) is 1. The van der Waals surface area contributed by atoms with Gasteiger partial charge in [-0.3, -0.25) is 9.59 Å². The Balaban J connectivity index is 1.69. The van der Waals surface area contributed by atoms with Gasteiger partial charge in [0.05, 0.1) is 18.0 Å². The maximum Gasteiger partial charge on any atom is 0.409 e. The molecule has 2 aliphatic rings. The molecule has 2 heterocycles. The van der Waals surface area contributed by atoms with Gasteiger partial charge in [-0.25, -0.2) is 4.79 Å². The predicted molar refractivity (Wildman–Crippen MR) is 90.3 cm³/mol. The highest BCUT2D eigenvalue weighted by Gasteiger charge is 2.27. The highest BCUT2D eigenvalue weighted by Crippen LogP contribution is 2.36. The van der Waals surface area contributed by atoms with Gasteiger partial charge in [0.1, 0.15) is 0 Å². The molecule has 128 valence electrons. The second-order valence-corrected chi connectivity index (χ2v) is 7.09. The van der Waals surface area contributed by atoms with Crippen molar-refractivity contribution in [3.8, 4) is 0 Å². The number of carbonyl (C=O) groups is 3. The second kappa shape index (κ2) is 6.72. The van der Waals surface area contributed by atoms with Crippen LogP contribution in [0.25, 0.3) is 0 Å². The Kier molecular flexibility index (Phi) is 4.66. The van der Waals surface area contributed by atoms with E-state index >= 15 is 0 Å². The first-order valence-electron chi connectivity index (χ1n) is 7.73. The standard InChI is InChI=1S/C16H19N3O4S/c1-10-14(20)17-12-9-11(3-4-13(12)24-10)15(21)18-5-7-19(8-6-18)16(22)23-2/h3-4,9-10H,5-8H2,1-2H3,(H,17,20). The lowest BCUT2D eigenvalue weighted by atomic mass is 10.1. The summed E-state index contributed by atoms with van der Waals surface area (Å²) in [6, 6.07) is 5.38. The number of nitrogens with zero attached hydrogens (tertiary/aromatic N) is 2. The van der Waals surface area contributed by atoms with Crippen LogP contribution in [0, 0.1) is 0 Å². The molecule has 0 radical (unpaired) electrons. The van der Waals surface area contributed by atoms with E-state index in [4.69, 9.17) is 4.74 Å². The Morgan fingerprint density at radius 2 is 1.88 bits per heavy atom. The molecule has 0 bridgehead atoms. The molecule has 0 saturated carbocycles. The summed E-state index contributed by atoms with van der Waals surface area (Å²) in [4.78, 5) is 40.2. The third kappa shape index (κ3) is 3.19. The first-order chi connectivity index (χ1) is 11.5. The minimum Gasteiger partial charge on any atom is -0.453 e. The molecule has 1 saturated heterocycles. The van der Waals surface area contributed by atoms with Crippen molar-refractivity contribution in [2.75, 3.05) is 38.6 Å². The zero-order valence-electron chi connectivity index (χ0n) is 13.6. The summed E-state index contributed by atoms with van der Waals surface area (Å²) in [7, 11) is 1.35. The Morgan fingerprint density at radius 3 is 2.54 bits per heavy atom. The van der Waals surface area contributed by atoms with Gasteiger partial charge >= 0.3 is 6.09 Å².